The molecule has 0 saturated carbocycles. The largest absolute Gasteiger partial charge is 1.00 e. The Balaban J connectivity index is 0.00000121. The van der Waals surface area contributed by atoms with Crippen molar-refractivity contribution in [2.45, 2.75) is 27.2 Å². The summed E-state index contributed by atoms with van der Waals surface area (Å²) in [5.41, 5.74) is 0.364. The van der Waals surface area contributed by atoms with Crippen LogP contribution in [0.5, 0.6) is 0 Å². The highest BCUT2D eigenvalue weighted by molar-refractivity contribution is 4.82. The molecule has 0 atom stereocenters. The number of imidazole rings is 1. The van der Waals surface area contributed by atoms with Crippen LogP contribution >= 0.6 is 0 Å². The zero-order chi connectivity index (χ0) is 8.48. The molecular weight excluding hydrogens is 172 g/mol. The van der Waals surface area contributed by atoms with Crippen LogP contribution in [0.15, 0.2) is 12.4 Å². The average Bonchev–Trinajstić information content (AvgIpc) is 2.12. The second-order valence-electron chi connectivity index (χ2n) is 4.26. The first kappa shape index (κ1) is 11.5. The van der Waals surface area contributed by atoms with Gasteiger partial charge in [-0.15, -0.1) is 0 Å². The molecule has 1 N–H and O–H groups in total. The van der Waals surface area contributed by atoms with Gasteiger partial charge in [0, 0.05) is 0 Å². The lowest BCUT2D eigenvalue weighted by molar-refractivity contribution is -0.678. The van der Waals surface area contributed by atoms with Gasteiger partial charge < -0.3 is 12.4 Å². The van der Waals surface area contributed by atoms with Crippen molar-refractivity contribution in [1.82, 2.24) is 4.98 Å². The Labute approximate surface area is 80.4 Å². The van der Waals surface area contributed by atoms with Crippen molar-refractivity contribution >= 4 is 0 Å². The van der Waals surface area contributed by atoms with Crippen LogP contribution in [0.3, 0.4) is 0 Å². The van der Waals surface area contributed by atoms with Crippen molar-refractivity contribution in [3.05, 3.63) is 18.2 Å². The van der Waals surface area contributed by atoms with E-state index in [0.717, 1.165) is 6.42 Å². The second kappa shape index (κ2) is 3.94. The summed E-state index contributed by atoms with van der Waals surface area (Å²) in [6.45, 7) is 6.73. The number of hydrogen-bond acceptors (Lipinski definition) is 0. The van der Waals surface area contributed by atoms with E-state index >= 15 is 0 Å². The Morgan fingerprint density at radius 2 is 2.00 bits per heavy atom. The summed E-state index contributed by atoms with van der Waals surface area (Å²) >= 11 is 0. The smallest absolute Gasteiger partial charge is 0.254 e. The second-order valence-corrected chi connectivity index (χ2v) is 4.26. The molecule has 0 radical (unpaired) electrons. The summed E-state index contributed by atoms with van der Waals surface area (Å²) in [7, 11) is 2.07. The molecule has 3 heteroatoms. The fraction of sp³-hybridized carbons (Fsp3) is 0.667. The molecule has 12 heavy (non-hydrogen) atoms. The molecule has 1 heterocycles. The Kier molecular flexibility index (Phi) is 3.78. The van der Waals surface area contributed by atoms with E-state index in [1.54, 1.807) is 0 Å². The summed E-state index contributed by atoms with van der Waals surface area (Å²) in [5.74, 6) is 1.29. The van der Waals surface area contributed by atoms with Gasteiger partial charge in [-0.25, -0.2) is 9.55 Å². The predicted molar refractivity (Wildman–Crippen MR) is 45.1 cm³/mol. The average molecular weight is 189 g/mol. The number of aromatic nitrogens is 2. The van der Waals surface area contributed by atoms with Gasteiger partial charge >= 0.3 is 0 Å². The maximum atomic E-state index is 3.22. The normalized spacial score (nSPS) is 11.0. The van der Waals surface area contributed by atoms with E-state index in [4.69, 9.17) is 0 Å². The maximum Gasteiger partial charge on any atom is 0.254 e. The fourth-order valence-corrected chi connectivity index (χ4v) is 1.12. The van der Waals surface area contributed by atoms with E-state index in [2.05, 4.69) is 37.4 Å². The molecule has 0 aliphatic carbocycles. The molecule has 1 aromatic rings. The van der Waals surface area contributed by atoms with Crippen molar-refractivity contribution in [1.29, 1.82) is 0 Å². The molecule has 0 unspecified atom stereocenters. The van der Waals surface area contributed by atoms with Crippen LogP contribution in [0, 0.1) is 5.41 Å². The van der Waals surface area contributed by atoms with Gasteiger partial charge in [-0.05, 0) is 5.41 Å². The van der Waals surface area contributed by atoms with Crippen molar-refractivity contribution in [3.63, 3.8) is 0 Å². The van der Waals surface area contributed by atoms with E-state index in [1.807, 2.05) is 12.4 Å². The highest BCUT2D eigenvalue weighted by atomic mass is 35.5. The minimum absolute atomic E-state index is 0. The number of hydrogen-bond donors (Lipinski definition) is 1. The summed E-state index contributed by atoms with van der Waals surface area (Å²) in [4.78, 5) is 3.22. The SMILES string of the molecule is C[n+]1cc[nH]c1CC(C)(C)C.[Cl-]. The van der Waals surface area contributed by atoms with Gasteiger partial charge in [0.15, 0.2) is 0 Å². The van der Waals surface area contributed by atoms with E-state index in [9.17, 15) is 0 Å². The quantitative estimate of drug-likeness (QED) is 0.514. The molecule has 0 spiro atoms. The third-order valence-electron chi connectivity index (χ3n) is 1.67. The van der Waals surface area contributed by atoms with Crippen LogP contribution in [0.1, 0.15) is 26.6 Å². The number of nitrogens with one attached hydrogen (secondary N) is 1. The number of rotatable bonds is 1. The van der Waals surface area contributed by atoms with E-state index < -0.39 is 0 Å². The molecule has 1 aromatic heterocycles. The van der Waals surface area contributed by atoms with Crippen LogP contribution in [-0.2, 0) is 13.5 Å². The first-order chi connectivity index (χ1) is 4.99. The van der Waals surface area contributed by atoms with Gasteiger partial charge in [0.25, 0.3) is 5.82 Å². The van der Waals surface area contributed by atoms with Crippen molar-refractivity contribution < 1.29 is 17.0 Å². The summed E-state index contributed by atoms with van der Waals surface area (Å²) in [5, 5.41) is 0. The molecule has 1 rings (SSSR count). The third-order valence-corrected chi connectivity index (χ3v) is 1.67. The fourth-order valence-electron chi connectivity index (χ4n) is 1.12. The predicted octanol–water partition coefficient (Wildman–Crippen LogP) is -1.57. The van der Waals surface area contributed by atoms with Crippen LogP contribution in [0.4, 0.5) is 0 Å². The number of aryl methyl sites for hydroxylation is 1. The van der Waals surface area contributed by atoms with Crippen molar-refractivity contribution in [2.75, 3.05) is 0 Å². The lowest BCUT2D eigenvalue weighted by Gasteiger charge is -2.14. The van der Waals surface area contributed by atoms with E-state index in [-0.39, 0.29) is 12.4 Å². The minimum atomic E-state index is 0. The zero-order valence-corrected chi connectivity index (χ0v) is 8.94. The number of halogens is 1. The molecule has 0 fully saturated rings. The minimum Gasteiger partial charge on any atom is -1.00 e. The monoisotopic (exact) mass is 188 g/mol. The first-order valence-electron chi connectivity index (χ1n) is 4.01. The number of H-pyrrole nitrogens is 1. The van der Waals surface area contributed by atoms with E-state index in [0.29, 0.717) is 5.41 Å². The third kappa shape index (κ3) is 3.26. The summed E-state index contributed by atoms with van der Waals surface area (Å²) in [6.07, 6.45) is 5.11. The molecule has 0 aliphatic rings. The molecule has 70 valence electrons. The van der Waals surface area contributed by atoms with Crippen LogP contribution in [0.2, 0.25) is 0 Å². The zero-order valence-electron chi connectivity index (χ0n) is 8.19. The Bertz CT molecular complexity index is 235. The molecule has 0 saturated heterocycles. The lowest BCUT2D eigenvalue weighted by Crippen LogP contribution is -3.00. The van der Waals surface area contributed by atoms with Gasteiger partial charge in [0.05, 0.1) is 13.5 Å². The van der Waals surface area contributed by atoms with Gasteiger partial charge in [0.1, 0.15) is 12.4 Å². The lowest BCUT2D eigenvalue weighted by atomic mass is 9.92. The molecule has 0 aromatic carbocycles. The standard InChI is InChI=1S/C9H16N2.ClH/c1-9(2,3)7-8-10-5-6-11(8)4;/h5-6H,7H2,1-4H3;1H. The Morgan fingerprint density at radius 3 is 2.33 bits per heavy atom. The van der Waals surface area contributed by atoms with Crippen LogP contribution < -0.4 is 17.0 Å². The molecule has 0 aliphatic heterocycles. The van der Waals surface area contributed by atoms with E-state index in [1.165, 1.54) is 5.82 Å². The number of aromatic amines is 1. The molecule has 2 nitrogen and oxygen atoms in total. The first-order valence-corrected chi connectivity index (χ1v) is 4.01. The topological polar surface area (TPSA) is 19.7 Å². The molecule has 0 bridgehead atoms. The highest BCUT2D eigenvalue weighted by Gasteiger charge is 2.17. The van der Waals surface area contributed by atoms with Gasteiger partial charge in [-0.2, -0.15) is 0 Å². The molecule has 0 amide bonds. The maximum absolute atomic E-state index is 3.22. The van der Waals surface area contributed by atoms with Crippen LogP contribution in [0.25, 0.3) is 0 Å². The Morgan fingerprint density at radius 1 is 1.42 bits per heavy atom. The Hall–Kier alpha value is -0.500. The van der Waals surface area contributed by atoms with Gasteiger partial charge in [-0.3, -0.25) is 0 Å². The highest BCUT2D eigenvalue weighted by Crippen LogP contribution is 2.16. The number of nitrogens with zero attached hydrogens (tertiary/aromatic N) is 1. The van der Waals surface area contributed by atoms with Crippen molar-refractivity contribution in [2.24, 2.45) is 12.5 Å². The summed E-state index contributed by atoms with van der Waals surface area (Å²) in [6, 6.07) is 0. The van der Waals surface area contributed by atoms with Gasteiger partial charge in [0.2, 0.25) is 0 Å². The van der Waals surface area contributed by atoms with Crippen LogP contribution in [-0.4, -0.2) is 4.98 Å². The summed E-state index contributed by atoms with van der Waals surface area (Å²) < 4.78 is 2.13. The van der Waals surface area contributed by atoms with Crippen molar-refractivity contribution in [3.8, 4) is 0 Å². The molecular formula is C9H17ClN2. The van der Waals surface area contributed by atoms with Gasteiger partial charge in [-0.1, -0.05) is 20.8 Å².